The van der Waals surface area contributed by atoms with Gasteiger partial charge in [0.15, 0.2) is 5.03 Å². The van der Waals surface area contributed by atoms with Crippen LogP contribution in [0.15, 0.2) is 23.4 Å². The smallest absolute Gasteiger partial charge is 0.258 e. The molecule has 0 bridgehead atoms. The van der Waals surface area contributed by atoms with Crippen molar-refractivity contribution in [1.82, 2.24) is 9.71 Å². The van der Waals surface area contributed by atoms with Crippen molar-refractivity contribution in [3.05, 3.63) is 23.9 Å². The van der Waals surface area contributed by atoms with Gasteiger partial charge >= 0.3 is 0 Å². The Labute approximate surface area is 121 Å². The van der Waals surface area contributed by atoms with E-state index in [1.54, 1.807) is 6.07 Å². The van der Waals surface area contributed by atoms with E-state index in [1.165, 1.54) is 12.3 Å². The van der Waals surface area contributed by atoms with Gasteiger partial charge in [0, 0.05) is 12.2 Å². The standard InChI is InChI=1S/C14H24N2O3S/c1-11(2)5-4-6-12(3)16-20(18,19)14-8-7-13(10-17)9-15-14/h7-9,11-12,16-17H,4-6,10H2,1-3H3. The van der Waals surface area contributed by atoms with Crippen LogP contribution in [0.2, 0.25) is 0 Å². The zero-order chi connectivity index (χ0) is 15.2. The molecule has 0 fully saturated rings. The van der Waals surface area contributed by atoms with Crippen LogP contribution in [-0.2, 0) is 16.6 Å². The van der Waals surface area contributed by atoms with E-state index >= 15 is 0 Å². The first-order chi connectivity index (χ1) is 9.35. The number of hydrogen-bond donors (Lipinski definition) is 2. The lowest BCUT2D eigenvalue weighted by Gasteiger charge is -2.14. The summed E-state index contributed by atoms with van der Waals surface area (Å²) in [7, 11) is -3.58. The van der Waals surface area contributed by atoms with Gasteiger partial charge in [-0.25, -0.2) is 18.1 Å². The van der Waals surface area contributed by atoms with E-state index in [9.17, 15) is 8.42 Å². The van der Waals surface area contributed by atoms with Gasteiger partial charge in [0.1, 0.15) is 0 Å². The Morgan fingerprint density at radius 3 is 2.45 bits per heavy atom. The van der Waals surface area contributed by atoms with Crippen LogP contribution in [0.25, 0.3) is 0 Å². The summed E-state index contributed by atoms with van der Waals surface area (Å²) in [5.41, 5.74) is 0.592. The van der Waals surface area contributed by atoms with Gasteiger partial charge in [-0.2, -0.15) is 0 Å². The van der Waals surface area contributed by atoms with Gasteiger partial charge in [-0.1, -0.05) is 32.8 Å². The molecule has 0 radical (unpaired) electrons. The molecule has 0 aliphatic carbocycles. The van der Waals surface area contributed by atoms with Crippen molar-refractivity contribution < 1.29 is 13.5 Å². The summed E-state index contributed by atoms with van der Waals surface area (Å²) in [4.78, 5) is 3.87. The zero-order valence-corrected chi connectivity index (χ0v) is 13.2. The second kappa shape index (κ2) is 7.71. The van der Waals surface area contributed by atoms with Crippen molar-refractivity contribution in [1.29, 1.82) is 0 Å². The van der Waals surface area contributed by atoms with Crippen molar-refractivity contribution in [3.8, 4) is 0 Å². The number of rotatable bonds is 8. The van der Waals surface area contributed by atoms with E-state index in [4.69, 9.17) is 5.11 Å². The first-order valence-corrected chi connectivity index (χ1v) is 8.41. The lowest BCUT2D eigenvalue weighted by molar-refractivity contribution is 0.281. The van der Waals surface area contributed by atoms with Crippen molar-refractivity contribution in [2.24, 2.45) is 5.92 Å². The Kier molecular flexibility index (Phi) is 6.58. The number of pyridine rings is 1. The van der Waals surface area contributed by atoms with E-state index < -0.39 is 10.0 Å². The maximum atomic E-state index is 12.1. The monoisotopic (exact) mass is 300 g/mol. The summed E-state index contributed by atoms with van der Waals surface area (Å²) < 4.78 is 26.8. The molecule has 0 aromatic carbocycles. The molecule has 0 saturated carbocycles. The third-order valence-corrected chi connectivity index (χ3v) is 4.54. The lowest BCUT2D eigenvalue weighted by atomic mass is 10.0. The van der Waals surface area contributed by atoms with Gasteiger partial charge in [0.25, 0.3) is 10.0 Å². The normalized spacial score (nSPS) is 13.7. The number of nitrogens with zero attached hydrogens (tertiary/aromatic N) is 1. The molecule has 2 N–H and O–H groups in total. The Balaban J connectivity index is 2.59. The van der Waals surface area contributed by atoms with Crippen molar-refractivity contribution >= 4 is 10.0 Å². The predicted molar refractivity (Wildman–Crippen MR) is 78.6 cm³/mol. The maximum Gasteiger partial charge on any atom is 0.258 e. The molecule has 1 rings (SSSR count). The van der Waals surface area contributed by atoms with E-state index in [-0.39, 0.29) is 17.7 Å². The summed E-state index contributed by atoms with van der Waals surface area (Å²) in [6.07, 6.45) is 4.28. The van der Waals surface area contributed by atoms with Gasteiger partial charge in [-0.05, 0) is 30.9 Å². The minimum Gasteiger partial charge on any atom is -0.392 e. The Hall–Kier alpha value is -0.980. The van der Waals surface area contributed by atoms with Gasteiger partial charge in [0.2, 0.25) is 0 Å². The Bertz CT molecular complexity index is 498. The fourth-order valence-corrected chi connectivity index (χ4v) is 3.09. The molecule has 0 spiro atoms. The summed E-state index contributed by atoms with van der Waals surface area (Å²) in [5, 5.41) is 8.90. The number of aromatic nitrogens is 1. The molecule has 1 heterocycles. The molecule has 0 amide bonds. The average molecular weight is 300 g/mol. The fourth-order valence-electron chi connectivity index (χ4n) is 1.88. The molecule has 20 heavy (non-hydrogen) atoms. The third-order valence-electron chi connectivity index (χ3n) is 3.03. The molecule has 5 nitrogen and oxygen atoms in total. The molecular weight excluding hydrogens is 276 g/mol. The lowest BCUT2D eigenvalue weighted by Crippen LogP contribution is -2.33. The van der Waals surface area contributed by atoms with Crippen LogP contribution in [0.3, 0.4) is 0 Å². The van der Waals surface area contributed by atoms with E-state index in [0.29, 0.717) is 11.5 Å². The van der Waals surface area contributed by atoms with Crippen LogP contribution < -0.4 is 4.72 Å². The molecule has 0 saturated heterocycles. The molecule has 6 heteroatoms. The highest BCUT2D eigenvalue weighted by molar-refractivity contribution is 7.89. The number of sulfonamides is 1. The largest absolute Gasteiger partial charge is 0.392 e. The number of nitrogens with one attached hydrogen (secondary N) is 1. The van der Waals surface area contributed by atoms with Crippen LogP contribution in [0.4, 0.5) is 0 Å². The zero-order valence-electron chi connectivity index (χ0n) is 12.3. The Morgan fingerprint density at radius 2 is 1.95 bits per heavy atom. The minimum absolute atomic E-state index is 0.00888. The Morgan fingerprint density at radius 1 is 1.25 bits per heavy atom. The summed E-state index contributed by atoms with van der Waals surface area (Å²) in [6.45, 7) is 6.02. The summed E-state index contributed by atoms with van der Waals surface area (Å²) >= 11 is 0. The van der Waals surface area contributed by atoms with Crippen molar-refractivity contribution in [2.45, 2.75) is 57.7 Å². The van der Waals surface area contributed by atoms with Gasteiger partial charge in [-0.3, -0.25) is 0 Å². The molecule has 1 atom stereocenters. The van der Waals surface area contributed by atoms with Crippen LogP contribution in [0.1, 0.15) is 45.6 Å². The first-order valence-electron chi connectivity index (χ1n) is 6.93. The van der Waals surface area contributed by atoms with E-state index in [1.807, 2.05) is 6.92 Å². The van der Waals surface area contributed by atoms with Gasteiger partial charge < -0.3 is 5.11 Å². The van der Waals surface area contributed by atoms with Crippen LogP contribution in [0, 0.1) is 5.92 Å². The second-order valence-corrected chi connectivity index (χ2v) is 7.17. The fraction of sp³-hybridized carbons (Fsp3) is 0.643. The number of aliphatic hydroxyl groups is 1. The topological polar surface area (TPSA) is 79.3 Å². The summed E-state index contributed by atoms with van der Waals surface area (Å²) in [5.74, 6) is 0.631. The van der Waals surface area contributed by atoms with Crippen molar-refractivity contribution in [3.63, 3.8) is 0 Å². The SMILES string of the molecule is CC(C)CCCC(C)NS(=O)(=O)c1ccc(CO)cn1. The highest BCUT2D eigenvalue weighted by Crippen LogP contribution is 2.11. The van der Waals surface area contributed by atoms with Crippen LogP contribution in [0.5, 0.6) is 0 Å². The van der Waals surface area contributed by atoms with Crippen LogP contribution >= 0.6 is 0 Å². The van der Waals surface area contributed by atoms with E-state index in [0.717, 1.165) is 19.3 Å². The van der Waals surface area contributed by atoms with E-state index in [2.05, 4.69) is 23.6 Å². The molecule has 1 aromatic heterocycles. The number of aliphatic hydroxyl groups excluding tert-OH is 1. The quantitative estimate of drug-likeness (QED) is 0.770. The maximum absolute atomic E-state index is 12.1. The molecule has 1 aromatic rings. The predicted octanol–water partition coefficient (Wildman–Crippen LogP) is 2.07. The highest BCUT2D eigenvalue weighted by Gasteiger charge is 2.18. The van der Waals surface area contributed by atoms with Gasteiger partial charge in [0.05, 0.1) is 6.61 Å². The third kappa shape index (κ3) is 5.56. The molecule has 1 unspecified atom stereocenters. The summed E-state index contributed by atoms with van der Waals surface area (Å²) in [6, 6.07) is 2.86. The van der Waals surface area contributed by atoms with Crippen LogP contribution in [-0.4, -0.2) is 24.6 Å². The minimum atomic E-state index is -3.58. The number of hydrogen-bond acceptors (Lipinski definition) is 4. The average Bonchev–Trinajstić information content (AvgIpc) is 2.37. The highest BCUT2D eigenvalue weighted by atomic mass is 32.2. The van der Waals surface area contributed by atoms with Gasteiger partial charge in [-0.15, -0.1) is 0 Å². The molecule has 114 valence electrons. The van der Waals surface area contributed by atoms with Crippen molar-refractivity contribution in [2.75, 3.05) is 0 Å². The first kappa shape index (κ1) is 17.1. The molecule has 0 aliphatic rings. The molecular formula is C14H24N2O3S. The molecule has 0 aliphatic heterocycles. The second-order valence-electron chi connectivity index (χ2n) is 5.51.